The molecule has 0 aromatic heterocycles. The van der Waals surface area contributed by atoms with Gasteiger partial charge in [0.05, 0.1) is 11.1 Å². The van der Waals surface area contributed by atoms with E-state index in [0.717, 1.165) is 29.0 Å². The van der Waals surface area contributed by atoms with Gasteiger partial charge in [0.1, 0.15) is 18.2 Å². The first-order chi connectivity index (χ1) is 13.5. The van der Waals surface area contributed by atoms with Gasteiger partial charge < -0.3 is 9.47 Å². The first-order valence-corrected chi connectivity index (χ1v) is 10.1. The number of ether oxygens (including phenoxy) is 2. The Labute approximate surface area is 165 Å². The van der Waals surface area contributed by atoms with Crippen molar-refractivity contribution in [3.05, 3.63) is 63.9 Å². The number of carbonyl (C=O) groups excluding carboxylic acids is 1. The lowest BCUT2D eigenvalue weighted by atomic mass is 9.98. The number of rotatable bonds is 3. The molecule has 0 N–H and O–H groups in total. The number of carbonyl (C=O) groups is 1. The van der Waals surface area contributed by atoms with Crippen molar-refractivity contribution in [2.75, 3.05) is 6.73 Å². The summed E-state index contributed by atoms with van der Waals surface area (Å²) in [5.74, 6) is 2.39. The second-order valence-electron chi connectivity index (χ2n) is 8.39. The predicted octanol–water partition coefficient (Wildman–Crippen LogP) is 5.05. The molecule has 0 radical (unpaired) electrons. The van der Waals surface area contributed by atoms with E-state index in [1.807, 2.05) is 31.2 Å². The highest BCUT2D eigenvalue weighted by atomic mass is 16.5. The molecule has 2 aromatic rings. The van der Waals surface area contributed by atoms with Crippen LogP contribution in [0.15, 0.2) is 36.1 Å². The van der Waals surface area contributed by atoms with Crippen molar-refractivity contribution < 1.29 is 14.3 Å². The second-order valence-corrected chi connectivity index (χ2v) is 8.39. The van der Waals surface area contributed by atoms with Gasteiger partial charge in [-0.3, -0.25) is 9.69 Å². The van der Waals surface area contributed by atoms with Crippen LogP contribution in [-0.4, -0.2) is 23.5 Å². The summed E-state index contributed by atoms with van der Waals surface area (Å²) < 4.78 is 12.1. The fourth-order valence-electron chi connectivity index (χ4n) is 4.05. The molecule has 2 aliphatic heterocycles. The molecule has 2 aromatic carbocycles. The molecule has 28 heavy (non-hydrogen) atoms. The third-order valence-electron chi connectivity index (χ3n) is 5.91. The second kappa shape index (κ2) is 6.49. The maximum atomic E-state index is 13.1. The van der Waals surface area contributed by atoms with Crippen LogP contribution in [0, 0.1) is 6.92 Å². The average Bonchev–Trinajstić information content (AvgIpc) is 3.47. The number of aryl methyl sites for hydroxylation is 1. The largest absolute Gasteiger partial charge is 0.478 e. The van der Waals surface area contributed by atoms with Crippen LogP contribution in [0.25, 0.3) is 6.08 Å². The SMILES string of the molecule is Cc1cc2c(c3c1C(=O)/C(=C/c1ccc(C(C)C)cc1)O3)CN(C1CC1)CO2. The van der Waals surface area contributed by atoms with Crippen molar-refractivity contribution in [1.29, 1.82) is 0 Å². The third-order valence-corrected chi connectivity index (χ3v) is 5.91. The summed E-state index contributed by atoms with van der Waals surface area (Å²) >= 11 is 0. The number of ketones is 1. The highest BCUT2D eigenvalue weighted by Gasteiger charge is 2.38. The van der Waals surface area contributed by atoms with Crippen molar-refractivity contribution in [3.8, 4) is 11.5 Å². The topological polar surface area (TPSA) is 38.8 Å². The van der Waals surface area contributed by atoms with Gasteiger partial charge in [0.25, 0.3) is 0 Å². The number of fused-ring (bicyclic) bond motifs is 3. The average molecular weight is 375 g/mol. The fraction of sp³-hybridized carbons (Fsp3) is 0.375. The Morgan fingerprint density at radius 2 is 1.93 bits per heavy atom. The van der Waals surface area contributed by atoms with Crippen molar-refractivity contribution in [2.24, 2.45) is 0 Å². The number of allylic oxidation sites excluding steroid dienone is 1. The number of hydrogen-bond acceptors (Lipinski definition) is 4. The van der Waals surface area contributed by atoms with E-state index >= 15 is 0 Å². The zero-order valence-corrected chi connectivity index (χ0v) is 16.6. The van der Waals surface area contributed by atoms with E-state index in [4.69, 9.17) is 9.47 Å². The molecule has 1 fully saturated rings. The van der Waals surface area contributed by atoms with E-state index in [-0.39, 0.29) is 5.78 Å². The summed E-state index contributed by atoms with van der Waals surface area (Å²) in [4.78, 5) is 15.4. The fourth-order valence-corrected chi connectivity index (χ4v) is 4.05. The van der Waals surface area contributed by atoms with Crippen LogP contribution in [0.2, 0.25) is 0 Å². The van der Waals surface area contributed by atoms with Crippen LogP contribution < -0.4 is 9.47 Å². The minimum Gasteiger partial charge on any atom is -0.478 e. The molecule has 4 heteroatoms. The maximum absolute atomic E-state index is 13.1. The molecule has 0 atom stereocenters. The molecule has 0 bridgehead atoms. The summed E-state index contributed by atoms with van der Waals surface area (Å²) in [5.41, 5.74) is 4.86. The molecular formula is C24H25NO3. The van der Waals surface area contributed by atoms with Gasteiger partial charge in [-0.05, 0) is 54.5 Å². The molecule has 2 heterocycles. The van der Waals surface area contributed by atoms with Crippen molar-refractivity contribution in [2.45, 2.75) is 52.1 Å². The zero-order valence-electron chi connectivity index (χ0n) is 16.6. The molecular weight excluding hydrogens is 350 g/mol. The van der Waals surface area contributed by atoms with Crippen LogP contribution in [0.5, 0.6) is 11.5 Å². The molecule has 4 nitrogen and oxygen atoms in total. The summed E-state index contributed by atoms with van der Waals surface area (Å²) in [6.07, 6.45) is 4.30. The van der Waals surface area contributed by atoms with E-state index < -0.39 is 0 Å². The van der Waals surface area contributed by atoms with E-state index in [1.54, 1.807) is 0 Å². The smallest absolute Gasteiger partial charge is 0.232 e. The van der Waals surface area contributed by atoms with Gasteiger partial charge in [-0.25, -0.2) is 0 Å². The first kappa shape index (κ1) is 17.5. The number of Topliss-reactive ketones (excluding diaryl/α,β-unsaturated/α-hetero) is 1. The Bertz CT molecular complexity index is 984. The van der Waals surface area contributed by atoms with E-state index in [1.165, 1.54) is 18.4 Å². The lowest BCUT2D eigenvalue weighted by molar-refractivity contribution is 0.0867. The standard InChI is InChI=1S/C24H25NO3/c1-14(2)17-6-4-16(5-7-17)11-21-23(26)22-15(3)10-20-19(24(22)28-21)12-25(13-27-20)18-8-9-18/h4-7,10-11,14,18H,8-9,12-13H2,1-3H3/b21-11-. The van der Waals surface area contributed by atoms with Gasteiger partial charge in [-0.1, -0.05) is 38.1 Å². The van der Waals surface area contributed by atoms with Crippen LogP contribution >= 0.6 is 0 Å². The normalized spacial score (nSPS) is 20.1. The van der Waals surface area contributed by atoms with Crippen LogP contribution in [0.4, 0.5) is 0 Å². The molecule has 0 spiro atoms. The Hall–Kier alpha value is -2.59. The number of nitrogens with zero attached hydrogens (tertiary/aromatic N) is 1. The Balaban J connectivity index is 1.49. The molecule has 0 saturated heterocycles. The van der Waals surface area contributed by atoms with E-state index in [2.05, 4.69) is 30.9 Å². The summed E-state index contributed by atoms with van der Waals surface area (Å²) in [5, 5.41) is 0. The number of benzene rings is 2. The Morgan fingerprint density at radius 1 is 1.18 bits per heavy atom. The highest BCUT2D eigenvalue weighted by molar-refractivity contribution is 6.15. The maximum Gasteiger partial charge on any atom is 0.232 e. The van der Waals surface area contributed by atoms with Gasteiger partial charge in [0.15, 0.2) is 5.76 Å². The molecule has 0 amide bonds. The van der Waals surface area contributed by atoms with Crippen LogP contribution in [0.3, 0.4) is 0 Å². The summed E-state index contributed by atoms with van der Waals surface area (Å²) in [6.45, 7) is 7.71. The summed E-state index contributed by atoms with van der Waals surface area (Å²) in [7, 11) is 0. The van der Waals surface area contributed by atoms with Crippen LogP contribution in [0.1, 0.15) is 65.2 Å². The minimum atomic E-state index is -0.0354. The highest BCUT2D eigenvalue weighted by Crippen LogP contribution is 2.45. The van der Waals surface area contributed by atoms with Crippen molar-refractivity contribution in [3.63, 3.8) is 0 Å². The molecule has 5 rings (SSSR count). The van der Waals surface area contributed by atoms with Gasteiger partial charge >= 0.3 is 0 Å². The molecule has 1 aliphatic carbocycles. The van der Waals surface area contributed by atoms with Crippen molar-refractivity contribution >= 4 is 11.9 Å². The zero-order chi connectivity index (χ0) is 19.4. The lowest BCUT2D eigenvalue weighted by Crippen LogP contribution is -2.34. The van der Waals surface area contributed by atoms with Gasteiger partial charge in [-0.15, -0.1) is 0 Å². The minimum absolute atomic E-state index is 0.0354. The van der Waals surface area contributed by atoms with Crippen molar-refractivity contribution in [1.82, 2.24) is 4.90 Å². The van der Waals surface area contributed by atoms with Gasteiger partial charge in [0.2, 0.25) is 5.78 Å². The Morgan fingerprint density at radius 3 is 2.61 bits per heavy atom. The first-order valence-electron chi connectivity index (χ1n) is 10.1. The molecule has 0 unspecified atom stereocenters. The van der Waals surface area contributed by atoms with E-state index in [0.29, 0.717) is 35.8 Å². The lowest BCUT2D eigenvalue weighted by Gasteiger charge is -2.30. The molecule has 144 valence electrons. The molecule has 1 saturated carbocycles. The monoisotopic (exact) mass is 375 g/mol. The number of hydrogen-bond donors (Lipinski definition) is 0. The Kier molecular flexibility index (Phi) is 4.06. The molecule has 3 aliphatic rings. The van der Waals surface area contributed by atoms with Crippen LogP contribution in [-0.2, 0) is 6.54 Å². The van der Waals surface area contributed by atoms with E-state index in [9.17, 15) is 4.79 Å². The quantitative estimate of drug-likeness (QED) is 0.704. The predicted molar refractivity (Wildman–Crippen MR) is 109 cm³/mol. The van der Waals surface area contributed by atoms with Gasteiger partial charge in [-0.2, -0.15) is 0 Å². The third kappa shape index (κ3) is 2.92. The van der Waals surface area contributed by atoms with Gasteiger partial charge in [0, 0.05) is 12.6 Å². The summed E-state index contributed by atoms with van der Waals surface area (Å²) in [6, 6.07) is 10.9.